The molecule has 3 fully saturated rings. The van der Waals surface area contributed by atoms with Crippen LogP contribution in [0.3, 0.4) is 0 Å². The van der Waals surface area contributed by atoms with Crippen molar-refractivity contribution in [3.05, 3.63) is 47.0 Å². The van der Waals surface area contributed by atoms with Crippen molar-refractivity contribution < 1.29 is 47.9 Å². The number of fused-ring (bicyclic) bond motifs is 5. The van der Waals surface area contributed by atoms with Gasteiger partial charge in [-0.2, -0.15) is 0 Å². The average Bonchev–Trinajstić information content (AvgIpc) is 2.94. The number of rotatable bonds is 6. The second kappa shape index (κ2) is 10.5. The molecule has 0 spiro atoms. The first kappa shape index (κ1) is 30.8. The number of hydrogen-bond donors (Lipinski definition) is 1. The van der Waals surface area contributed by atoms with Crippen molar-refractivity contribution in [3.63, 3.8) is 0 Å². The van der Waals surface area contributed by atoms with Crippen molar-refractivity contribution in [2.24, 2.45) is 16.7 Å². The minimum atomic E-state index is -1.81. The van der Waals surface area contributed by atoms with Crippen LogP contribution in [0.15, 0.2) is 41.5 Å². The molecule has 1 aromatic rings. The third-order valence-corrected chi connectivity index (χ3v) is 10.7. The zero-order valence-corrected chi connectivity index (χ0v) is 25.6. The molecule has 1 N–H and O–H groups in total. The number of ether oxygens (including phenoxy) is 6. The van der Waals surface area contributed by atoms with Crippen LogP contribution in [0.5, 0.6) is 0 Å². The molecule has 0 radical (unpaired) electrons. The van der Waals surface area contributed by atoms with E-state index >= 15 is 4.79 Å². The third kappa shape index (κ3) is 4.06. The maximum absolute atomic E-state index is 15.0. The summed E-state index contributed by atoms with van der Waals surface area (Å²) in [6.45, 7) is 8.53. The SMILES string of the molecule is CO[C@H]1C(=O)[C@]2(C)[C@@H](OC)C[C@H]3OC[C@@]3(OC(C)=O)[C@H]2[C@H](OC(=O)c2ccccc2)[C@]2(O)C[C@H](OC)C(C)=C1C2(C)C. The molecule has 1 aromatic carbocycles. The predicted molar refractivity (Wildman–Crippen MR) is 150 cm³/mol. The Bertz CT molecular complexity index is 1290. The van der Waals surface area contributed by atoms with E-state index in [4.69, 9.17) is 28.4 Å². The fourth-order valence-electron chi connectivity index (χ4n) is 8.41. The molecule has 0 unspecified atom stereocenters. The Labute approximate surface area is 246 Å². The Hall–Kier alpha value is -2.63. The lowest BCUT2D eigenvalue weighted by Gasteiger charge is -2.68. The summed E-state index contributed by atoms with van der Waals surface area (Å²) >= 11 is 0. The van der Waals surface area contributed by atoms with E-state index < -0.39 is 70.4 Å². The van der Waals surface area contributed by atoms with Crippen LogP contribution in [0.25, 0.3) is 0 Å². The molecule has 10 heteroatoms. The molecule has 0 amide bonds. The Morgan fingerprint density at radius 2 is 1.69 bits per heavy atom. The topological polar surface area (TPSA) is 127 Å². The molecule has 4 aliphatic rings. The van der Waals surface area contributed by atoms with Crippen molar-refractivity contribution in [2.75, 3.05) is 27.9 Å². The van der Waals surface area contributed by atoms with E-state index in [1.165, 1.54) is 28.3 Å². The number of Topliss-reactive ketones (excluding diaryl/α,β-unsaturated/α-hetero) is 1. The van der Waals surface area contributed by atoms with Crippen LogP contribution in [0, 0.1) is 16.7 Å². The number of aliphatic hydroxyl groups is 1. The van der Waals surface area contributed by atoms with Gasteiger partial charge in [0.15, 0.2) is 11.4 Å². The summed E-state index contributed by atoms with van der Waals surface area (Å²) < 4.78 is 36.3. The van der Waals surface area contributed by atoms with Gasteiger partial charge in [-0.3, -0.25) is 9.59 Å². The largest absolute Gasteiger partial charge is 0.455 e. The summed E-state index contributed by atoms with van der Waals surface area (Å²) in [5, 5.41) is 13.1. The summed E-state index contributed by atoms with van der Waals surface area (Å²) in [5.41, 5.74) is -4.17. The van der Waals surface area contributed by atoms with Crippen molar-refractivity contribution in [3.8, 4) is 0 Å². The van der Waals surface area contributed by atoms with E-state index in [0.717, 1.165) is 5.57 Å². The van der Waals surface area contributed by atoms with Crippen LogP contribution < -0.4 is 0 Å². The van der Waals surface area contributed by atoms with E-state index in [9.17, 15) is 14.7 Å². The standard InChI is InChI=1S/C32H42O10/c1-17-20(37-6)15-32(36)27(41-28(35)19-12-10-9-11-13-19)25-30(5,26(34)24(39-8)23(17)29(32,3)4)21(38-7)14-22-31(25,16-40-22)42-18(2)33/h9-13,20-22,24-25,27,36H,14-16H2,1-8H3/t20-,21-,22+,24+,25-,27-,30+,31-,32+/m0/s1. The summed E-state index contributed by atoms with van der Waals surface area (Å²) in [4.78, 5) is 41.5. The molecule has 230 valence electrons. The smallest absolute Gasteiger partial charge is 0.338 e. The number of benzene rings is 1. The second-order valence-electron chi connectivity index (χ2n) is 12.8. The molecule has 1 heterocycles. The van der Waals surface area contributed by atoms with E-state index in [2.05, 4.69) is 0 Å². The third-order valence-electron chi connectivity index (χ3n) is 10.7. The zero-order chi connectivity index (χ0) is 30.8. The minimum absolute atomic E-state index is 0.0375. The van der Waals surface area contributed by atoms with E-state index in [1.807, 2.05) is 20.8 Å². The predicted octanol–water partition coefficient (Wildman–Crippen LogP) is 3.04. The van der Waals surface area contributed by atoms with E-state index in [-0.39, 0.29) is 30.8 Å². The first-order chi connectivity index (χ1) is 19.7. The van der Waals surface area contributed by atoms with Gasteiger partial charge >= 0.3 is 11.9 Å². The number of carbonyl (C=O) groups excluding carboxylic acids is 3. The molecular formula is C32H42O10. The molecule has 10 nitrogen and oxygen atoms in total. The van der Waals surface area contributed by atoms with Gasteiger partial charge in [-0.05, 0) is 37.1 Å². The van der Waals surface area contributed by atoms with Gasteiger partial charge in [0, 0.05) is 46.5 Å². The quantitative estimate of drug-likeness (QED) is 0.393. The van der Waals surface area contributed by atoms with E-state index in [1.54, 1.807) is 37.3 Å². The van der Waals surface area contributed by atoms with E-state index in [0.29, 0.717) is 5.57 Å². The highest BCUT2D eigenvalue weighted by Gasteiger charge is 2.78. The summed E-state index contributed by atoms with van der Waals surface area (Å²) in [6.07, 6.45) is -4.12. The van der Waals surface area contributed by atoms with Crippen LogP contribution in [-0.4, -0.2) is 92.5 Å². The Kier molecular flexibility index (Phi) is 7.72. The van der Waals surface area contributed by atoms with Gasteiger partial charge in [0.25, 0.3) is 0 Å². The molecule has 0 aromatic heterocycles. The lowest BCUT2D eigenvalue weighted by Crippen LogP contribution is -2.82. The molecule has 3 aliphatic carbocycles. The van der Waals surface area contributed by atoms with Crippen LogP contribution >= 0.6 is 0 Å². The van der Waals surface area contributed by atoms with Crippen LogP contribution in [0.1, 0.15) is 57.8 Å². The fraction of sp³-hybridized carbons (Fsp3) is 0.656. The number of methoxy groups -OCH3 is 3. The highest BCUT2D eigenvalue weighted by molar-refractivity contribution is 5.94. The maximum Gasteiger partial charge on any atom is 0.338 e. The molecule has 9 atom stereocenters. The van der Waals surface area contributed by atoms with Gasteiger partial charge in [-0.1, -0.05) is 32.0 Å². The van der Waals surface area contributed by atoms with Crippen molar-refractivity contribution in [1.82, 2.24) is 0 Å². The molecule has 42 heavy (non-hydrogen) atoms. The van der Waals surface area contributed by atoms with Gasteiger partial charge in [0.05, 0.1) is 35.7 Å². The first-order valence-electron chi connectivity index (χ1n) is 14.4. The Morgan fingerprint density at radius 3 is 2.21 bits per heavy atom. The highest BCUT2D eigenvalue weighted by atomic mass is 16.6. The summed E-state index contributed by atoms with van der Waals surface area (Å²) in [7, 11) is 4.50. The maximum atomic E-state index is 15.0. The van der Waals surface area contributed by atoms with Crippen LogP contribution in [-0.2, 0) is 38.0 Å². The second-order valence-corrected chi connectivity index (χ2v) is 12.8. The number of esters is 2. The number of carbonyl (C=O) groups is 3. The molecule has 5 rings (SSSR count). The summed E-state index contributed by atoms with van der Waals surface area (Å²) in [6, 6.07) is 8.46. The number of ketones is 1. The van der Waals surface area contributed by atoms with Gasteiger partial charge < -0.3 is 33.5 Å². The van der Waals surface area contributed by atoms with Gasteiger partial charge in [-0.15, -0.1) is 0 Å². The molecule has 2 saturated carbocycles. The van der Waals surface area contributed by atoms with Crippen molar-refractivity contribution in [2.45, 2.75) is 89.2 Å². The van der Waals surface area contributed by atoms with Gasteiger partial charge in [-0.25, -0.2) is 4.79 Å². The number of hydrogen-bond acceptors (Lipinski definition) is 10. The highest BCUT2D eigenvalue weighted by Crippen LogP contribution is 2.64. The first-order valence-corrected chi connectivity index (χ1v) is 14.4. The molecular weight excluding hydrogens is 544 g/mol. The molecule has 2 bridgehead atoms. The Balaban J connectivity index is 1.85. The molecule has 1 saturated heterocycles. The van der Waals surface area contributed by atoms with Crippen LogP contribution in [0.4, 0.5) is 0 Å². The minimum Gasteiger partial charge on any atom is -0.455 e. The lowest BCUT2D eigenvalue weighted by molar-refractivity contribution is -0.347. The van der Waals surface area contributed by atoms with Gasteiger partial charge in [0.1, 0.15) is 23.9 Å². The normalized spacial score (nSPS) is 40.5. The monoisotopic (exact) mass is 586 g/mol. The Morgan fingerprint density at radius 1 is 1.02 bits per heavy atom. The van der Waals surface area contributed by atoms with Crippen molar-refractivity contribution in [1.29, 1.82) is 0 Å². The average molecular weight is 587 g/mol. The zero-order valence-electron chi connectivity index (χ0n) is 25.6. The fourth-order valence-corrected chi connectivity index (χ4v) is 8.41. The molecule has 1 aliphatic heterocycles. The summed E-state index contributed by atoms with van der Waals surface area (Å²) in [5.74, 6) is -2.64. The van der Waals surface area contributed by atoms with Crippen LogP contribution in [0.2, 0.25) is 0 Å². The van der Waals surface area contributed by atoms with Crippen molar-refractivity contribution >= 4 is 17.7 Å². The van der Waals surface area contributed by atoms with Gasteiger partial charge in [0.2, 0.25) is 0 Å². The lowest BCUT2D eigenvalue weighted by atomic mass is 9.44.